The van der Waals surface area contributed by atoms with Gasteiger partial charge in [-0.15, -0.1) is 0 Å². The first kappa shape index (κ1) is 14.4. The molecule has 1 heterocycles. The fourth-order valence-corrected chi connectivity index (χ4v) is 3.15. The van der Waals surface area contributed by atoms with Gasteiger partial charge in [-0.25, -0.2) is 0 Å². The Morgan fingerprint density at radius 1 is 1.14 bits per heavy atom. The summed E-state index contributed by atoms with van der Waals surface area (Å²) in [4.78, 5) is 2.35. The Morgan fingerprint density at radius 2 is 1.90 bits per heavy atom. The van der Waals surface area contributed by atoms with Crippen molar-refractivity contribution < 1.29 is 9.84 Å². The number of piperidine rings is 1. The Kier molecular flexibility index (Phi) is 4.73. The zero-order valence-corrected chi connectivity index (χ0v) is 12.3. The van der Waals surface area contributed by atoms with Crippen LogP contribution >= 0.6 is 0 Å². The van der Waals surface area contributed by atoms with Crippen LogP contribution in [-0.2, 0) is 0 Å². The molecule has 3 rings (SSSR count). The Hall–Kier alpha value is -1.58. The van der Waals surface area contributed by atoms with Crippen molar-refractivity contribution in [1.29, 1.82) is 0 Å². The number of benzene rings is 1. The molecule has 3 heteroatoms. The lowest BCUT2D eigenvalue weighted by Gasteiger charge is -2.37. The zero-order valence-electron chi connectivity index (χ0n) is 12.3. The van der Waals surface area contributed by atoms with E-state index in [1.165, 1.54) is 6.42 Å². The maximum absolute atomic E-state index is 10.2. The number of rotatable bonds is 5. The molecular formula is C18H23NO2. The van der Waals surface area contributed by atoms with Gasteiger partial charge in [0.1, 0.15) is 18.5 Å². The number of hydrogen-bond acceptors (Lipinski definition) is 3. The van der Waals surface area contributed by atoms with Gasteiger partial charge in [0.05, 0.1) is 0 Å². The van der Waals surface area contributed by atoms with Gasteiger partial charge < -0.3 is 14.7 Å². The summed E-state index contributed by atoms with van der Waals surface area (Å²) >= 11 is 0. The second kappa shape index (κ2) is 6.92. The molecule has 2 aliphatic rings. The highest BCUT2D eigenvalue weighted by Crippen LogP contribution is 2.28. The number of aliphatic hydroxyl groups excluding tert-OH is 1. The van der Waals surface area contributed by atoms with E-state index in [-0.39, 0.29) is 0 Å². The summed E-state index contributed by atoms with van der Waals surface area (Å²) < 4.78 is 5.61. The van der Waals surface area contributed by atoms with Crippen molar-refractivity contribution >= 4 is 0 Å². The van der Waals surface area contributed by atoms with E-state index in [2.05, 4.69) is 29.2 Å². The average Bonchev–Trinajstić information content (AvgIpc) is 2.54. The lowest BCUT2D eigenvalue weighted by atomic mass is 9.82. The molecule has 0 saturated carbocycles. The van der Waals surface area contributed by atoms with Crippen molar-refractivity contribution in [3.05, 3.63) is 54.6 Å². The second-order valence-electron chi connectivity index (χ2n) is 5.92. The first-order valence-electron chi connectivity index (χ1n) is 7.74. The number of likely N-dealkylation sites (tertiary alicyclic amines) is 1. The molecule has 1 saturated heterocycles. The molecule has 0 aromatic heterocycles. The third kappa shape index (κ3) is 3.96. The molecule has 1 N–H and O–H groups in total. The number of ether oxygens (including phenoxy) is 1. The van der Waals surface area contributed by atoms with E-state index in [0.717, 1.165) is 18.8 Å². The quantitative estimate of drug-likeness (QED) is 0.902. The fraction of sp³-hybridized carbons (Fsp3) is 0.444. The normalized spacial score (nSPS) is 26.3. The maximum atomic E-state index is 10.2. The molecule has 0 bridgehead atoms. The van der Waals surface area contributed by atoms with Crippen LogP contribution in [0.5, 0.6) is 5.75 Å². The van der Waals surface area contributed by atoms with Crippen LogP contribution in [0.25, 0.3) is 0 Å². The van der Waals surface area contributed by atoms with E-state index in [1.807, 2.05) is 30.3 Å². The Balaban J connectivity index is 1.44. The summed E-state index contributed by atoms with van der Waals surface area (Å²) in [6.45, 7) is 3.13. The molecule has 1 aliphatic heterocycles. The number of β-amino-alcohol motifs (C(OH)–C–C–N with tert-alkyl or cyclic N) is 1. The molecule has 0 spiro atoms. The Labute approximate surface area is 126 Å². The van der Waals surface area contributed by atoms with E-state index in [4.69, 9.17) is 4.74 Å². The molecule has 0 radical (unpaired) electrons. The number of para-hydroxylation sites is 1. The SMILES string of the molecule is O[C@H](COc1ccccc1)CN1CC[C@H]2C=CC=C[C@@H]2C1. The van der Waals surface area contributed by atoms with Crippen LogP contribution in [0.3, 0.4) is 0 Å². The van der Waals surface area contributed by atoms with Crippen LogP contribution in [0.2, 0.25) is 0 Å². The molecule has 3 atom stereocenters. The number of nitrogens with zero attached hydrogens (tertiary/aromatic N) is 1. The molecule has 112 valence electrons. The Morgan fingerprint density at radius 3 is 2.71 bits per heavy atom. The average molecular weight is 285 g/mol. The van der Waals surface area contributed by atoms with Gasteiger partial charge in [0.15, 0.2) is 0 Å². The number of aliphatic hydroxyl groups is 1. The molecule has 1 aromatic rings. The fourth-order valence-electron chi connectivity index (χ4n) is 3.15. The first-order valence-corrected chi connectivity index (χ1v) is 7.74. The van der Waals surface area contributed by atoms with E-state index >= 15 is 0 Å². The van der Waals surface area contributed by atoms with Crippen LogP contribution in [0, 0.1) is 11.8 Å². The van der Waals surface area contributed by atoms with Crippen molar-refractivity contribution in [3.63, 3.8) is 0 Å². The first-order chi connectivity index (χ1) is 10.3. The molecular weight excluding hydrogens is 262 g/mol. The molecule has 0 amide bonds. The summed E-state index contributed by atoms with van der Waals surface area (Å²) in [5, 5.41) is 10.2. The molecule has 3 nitrogen and oxygen atoms in total. The lowest BCUT2D eigenvalue weighted by Crippen LogP contribution is -2.44. The smallest absolute Gasteiger partial charge is 0.119 e. The number of fused-ring (bicyclic) bond motifs is 1. The number of allylic oxidation sites excluding steroid dienone is 3. The van der Waals surface area contributed by atoms with Crippen LogP contribution in [0.4, 0.5) is 0 Å². The Bertz CT molecular complexity index is 497. The van der Waals surface area contributed by atoms with Gasteiger partial charge in [-0.2, -0.15) is 0 Å². The molecule has 1 aromatic carbocycles. The summed E-state index contributed by atoms with van der Waals surface area (Å²) in [7, 11) is 0. The predicted molar refractivity (Wildman–Crippen MR) is 84.3 cm³/mol. The minimum Gasteiger partial charge on any atom is -0.491 e. The largest absolute Gasteiger partial charge is 0.491 e. The van der Waals surface area contributed by atoms with Gasteiger partial charge in [0.2, 0.25) is 0 Å². The summed E-state index contributed by atoms with van der Waals surface area (Å²) in [5.74, 6) is 2.10. The highest BCUT2D eigenvalue weighted by atomic mass is 16.5. The van der Waals surface area contributed by atoms with Crippen molar-refractivity contribution in [3.8, 4) is 5.75 Å². The minimum absolute atomic E-state index is 0.352. The highest BCUT2D eigenvalue weighted by molar-refractivity contribution is 5.21. The van der Waals surface area contributed by atoms with Crippen molar-refractivity contribution in [2.75, 3.05) is 26.2 Å². The number of hydrogen-bond donors (Lipinski definition) is 1. The van der Waals surface area contributed by atoms with Gasteiger partial charge >= 0.3 is 0 Å². The lowest BCUT2D eigenvalue weighted by molar-refractivity contribution is 0.0499. The van der Waals surface area contributed by atoms with E-state index in [1.54, 1.807) is 0 Å². The van der Waals surface area contributed by atoms with E-state index < -0.39 is 6.10 Å². The van der Waals surface area contributed by atoms with Gasteiger partial charge in [-0.1, -0.05) is 42.5 Å². The molecule has 1 aliphatic carbocycles. The monoisotopic (exact) mass is 285 g/mol. The van der Waals surface area contributed by atoms with Crippen LogP contribution in [0.1, 0.15) is 6.42 Å². The van der Waals surface area contributed by atoms with Crippen LogP contribution in [0.15, 0.2) is 54.6 Å². The molecule has 1 fully saturated rings. The summed E-state index contributed by atoms with van der Waals surface area (Å²) in [6.07, 6.45) is 9.64. The van der Waals surface area contributed by atoms with Gasteiger partial charge in [-0.05, 0) is 36.9 Å². The topological polar surface area (TPSA) is 32.7 Å². The second-order valence-corrected chi connectivity index (χ2v) is 5.92. The van der Waals surface area contributed by atoms with Crippen LogP contribution < -0.4 is 4.74 Å². The molecule has 0 unspecified atom stereocenters. The summed E-state index contributed by atoms with van der Waals surface area (Å²) in [5.41, 5.74) is 0. The third-order valence-electron chi connectivity index (χ3n) is 4.28. The maximum Gasteiger partial charge on any atom is 0.119 e. The zero-order chi connectivity index (χ0) is 14.5. The molecule has 21 heavy (non-hydrogen) atoms. The van der Waals surface area contributed by atoms with Crippen molar-refractivity contribution in [2.24, 2.45) is 11.8 Å². The van der Waals surface area contributed by atoms with E-state index in [9.17, 15) is 5.11 Å². The standard InChI is InChI=1S/C18H23NO2/c20-17(14-21-18-8-2-1-3-9-18)13-19-11-10-15-6-4-5-7-16(15)12-19/h1-9,15-17,20H,10-14H2/t15-,16-,17+/m1/s1. The van der Waals surface area contributed by atoms with Crippen LogP contribution in [-0.4, -0.2) is 42.4 Å². The minimum atomic E-state index is -0.440. The van der Waals surface area contributed by atoms with Gasteiger partial charge in [-0.3, -0.25) is 0 Å². The van der Waals surface area contributed by atoms with Crippen molar-refractivity contribution in [1.82, 2.24) is 4.90 Å². The van der Waals surface area contributed by atoms with E-state index in [0.29, 0.717) is 25.0 Å². The van der Waals surface area contributed by atoms with Gasteiger partial charge in [0.25, 0.3) is 0 Å². The third-order valence-corrected chi connectivity index (χ3v) is 4.28. The predicted octanol–water partition coefficient (Wildman–Crippen LogP) is 2.49. The van der Waals surface area contributed by atoms with Gasteiger partial charge in [0, 0.05) is 13.1 Å². The summed E-state index contributed by atoms with van der Waals surface area (Å²) in [6, 6.07) is 9.67. The highest BCUT2D eigenvalue weighted by Gasteiger charge is 2.27. The van der Waals surface area contributed by atoms with Crippen molar-refractivity contribution in [2.45, 2.75) is 12.5 Å².